The van der Waals surface area contributed by atoms with Gasteiger partial charge in [0, 0.05) is 29.9 Å². The minimum absolute atomic E-state index is 0.00507. The van der Waals surface area contributed by atoms with E-state index in [9.17, 15) is 14.4 Å². The van der Waals surface area contributed by atoms with Gasteiger partial charge in [0.15, 0.2) is 11.5 Å². The standard InChI is InChI=1S/C22H20N4O5/c27-20(23-16-6-8-18-19(14-16)31-13-12-30-18)10-11-26-21(28)9-7-17(25-26)22(29)24-15-4-2-1-3-5-15/h1-9,14H,10-13H2,(H,23,27)(H,24,29). The molecule has 0 saturated heterocycles. The fourth-order valence-electron chi connectivity index (χ4n) is 3.00. The van der Waals surface area contributed by atoms with Gasteiger partial charge < -0.3 is 20.1 Å². The number of nitrogens with zero attached hydrogens (tertiary/aromatic N) is 2. The highest BCUT2D eigenvalue weighted by Crippen LogP contribution is 2.32. The first-order valence-electron chi connectivity index (χ1n) is 9.72. The number of aryl methyl sites for hydroxylation is 1. The number of anilines is 2. The van der Waals surface area contributed by atoms with Gasteiger partial charge in [0.2, 0.25) is 5.91 Å². The van der Waals surface area contributed by atoms with Gasteiger partial charge in [-0.25, -0.2) is 4.68 Å². The topological polar surface area (TPSA) is 112 Å². The van der Waals surface area contributed by atoms with Crippen LogP contribution in [0.15, 0.2) is 65.5 Å². The van der Waals surface area contributed by atoms with E-state index in [2.05, 4.69) is 15.7 Å². The maximum Gasteiger partial charge on any atom is 0.276 e. The number of para-hydroxylation sites is 1. The first-order valence-corrected chi connectivity index (χ1v) is 9.72. The summed E-state index contributed by atoms with van der Waals surface area (Å²) in [4.78, 5) is 36.8. The molecular formula is C22H20N4O5. The van der Waals surface area contributed by atoms with E-state index >= 15 is 0 Å². The van der Waals surface area contributed by atoms with Crippen LogP contribution in [0.2, 0.25) is 0 Å². The lowest BCUT2D eigenvalue weighted by atomic mass is 10.2. The summed E-state index contributed by atoms with van der Waals surface area (Å²) in [5.41, 5.74) is 0.857. The number of ether oxygens (including phenoxy) is 2. The summed E-state index contributed by atoms with van der Waals surface area (Å²) < 4.78 is 12.1. The lowest BCUT2D eigenvalue weighted by Gasteiger charge is -2.19. The van der Waals surface area contributed by atoms with Crippen LogP contribution in [-0.4, -0.2) is 34.8 Å². The van der Waals surface area contributed by atoms with Crippen molar-refractivity contribution in [2.24, 2.45) is 0 Å². The van der Waals surface area contributed by atoms with E-state index in [1.165, 1.54) is 12.1 Å². The number of benzene rings is 2. The third-order valence-electron chi connectivity index (χ3n) is 4.51. The molecule has 31 heavy (non-hydrogen) atoms. The predicted octanol–water partition coefficient (Wildman–Crippen LogP) is 2.30. The molecule has 0 atom stereocenters. The lowest BCUT2D eigenvalue weighted by Crippen LogP contribution is -2.28. The Morgan fingerprint density at radius 1 is 0.903 bits per heavy atom. The summed E-state index contributed by atoms with van der Waals surface area (Å²) in [6.07, 6.45) is 0.00507. The van der Waals surface area contributed by atoms with E-state index in [4.69, 9.17) is 9.47 Å². The van der Waals surface area contributed by atoms with E-state index in [1.54, 1.807) is 42.5 Å². The minimum atomic E-state index is -0.444. The van der Waals surface area contributed by atoms with Crippen molar-refractivity contribution >= 4 is 23.2 Å². The highest BCUT2D eigenvalue weighted by Gasteiger charge is 2.14. The van der Waals surface area contributed by atoms with Crippen molar-refractivity contribution in [2.45, 2.75) is 13.0 Å². The van der Waals surface area contributed by atoms with Crippen LogP contribution in [0.4, 0.5) is 11.4 Å². The van der Waals surface area contributed by atoms with Gasteiger partial charge in [0.1, 0.15) is 18.9 Å². The summed E-state index contributed by atoms with van der Waals surface area (Å²) in [5.74, 6) is 0.454. The zero-order valence-corrected chi connectivity index (χ0v) is 16.5. The highest BCUT2D eigenvalue weighted by molar-refractivity contribution is 6.02. The number of carbonyl (C=O) groups excluding carboxylic acids is 2. The van der Waals surface area contributed by atoms with Gasteiger partial charge in [-0.1, -0.05) is 18.2 Å². The second-order valence-corrected chi connectivity index (χ2v) is 6.76. The zero-order valence-electron chi connectivity index (χ0n) is 16.5. The Kier molecular flexibility index (Phi) is 5.93. The second kappa shape index (κ2) is 9.12. The maximum absolute atomic E-state index is 12.4. The normalized spacial score (nSPS) is 12.1. The summed E-state index contributed by atoms with van der Waals surface area (Å²) in [6.45, 7) is 0.970. The quantitative estimate of drug-likeness (QED) is 0.633. The van der Waals surface area contributed by atoms with Gasteiger partial charge in [-0.3, -0.25) is 14.4 Å². The Morgan fingerprint density at radius 2 is 1.68 bits per heavy atom. The van der Waals surface area contributed by atoms with E-state index in [0.29, 0.717) is 36.1 Å². The zero-order chi connectivity index (χ0) is 21.6. The van der Waals surface area contributed by atoms with Crippen LogP contribution < -0.4 is 25.7 Å². The Balaban J connectivity index is 1.37. The van der Waals surface area contributed by atoms with Crippen molar-refractivity contribution < 1.29 is 19.1 Å². The molecule has 1 aliphatic rings. The molecule has 0 fully saturated rings. The lowest BCUT2D eigenvalue weighted by molar-refractivity contribution is -0.116. The van der Waals surface area contributed by atoms with Crippen LogP contribution in [-0.2, 0) is 11.3 Å². The van der Waals surface area contributed by atoms with Crippen LogP contribution >= 0.6 is 0 Å². The smallest absolute Gasteiger partial charge is 0.276 e. The molecule has 3 aromatic rings. The van der Waals surface area contributed by atoms with Crippen molar-refractivity contribution in [2.75, 3.05) is 23.8 Å². The molecule has 0 aliphatic carbocycles. The van der Waals surface area contributed by atoms with Crippen molar-refractivity contribution in [3.63, 3.8) is 0 Å². The van der Waals surface area contributed by atoms with Crippen molar-refractivity contribution in [3.8, 4) is 11.5 Å². The average molecular weight is 420 g/mol. The number of nitrogens with one attached hydrogen (secondary N) is 2. The molecular weight excluding hydrogens is 400 g/mol. The molecule has 2 aromatic carbocycles. The molecule has 0 radical (unpaired) electrons. The third-order valence-corrected chi connectivity index (χ3v) is 4.51. The molecule has 2 amide bonds. The Hall–Kier alpha value is -4.14. The van der Waals surface area contributed by atoms with Gasteiger partial charge >= 0.3 is 0 Å². The highest BCUT2D eigenvalue weighted by atomic mass is 16.6. The molecule has 2 N–H and O–H groups in total. The van der Waals surface area contributed by atoms with Crippen LogP contribution in [0.25, 0.3) is 0 Å². The number of amides is 2. The van der Waals surface area contributed by atoms with Crippen molar-refractivity contribution in [1.82, 2.24) is 9.78 Å². The monoisotopic (exact) mass is 420 g/mol. The third kappa shape index (κ3) is 5.08. The molecule has 9 heteroatoms. The van der Waals surface area contributed by atoms with Crippen molar-refractivity contribution in [1.29, 1.82) is 0 Å². The minimum Gasteiger partial charge on any atom is -0.486 e. The number of rotatable bonds is 6. The molecule has 0 bridgehead atoms. The summed E-state index contributed by atoms with van der Waals surface area (Å²) in [6, 6.07) is 16.7. The molecule has 1 aromatic heterocycles. The molecule has 4 rings (SSSR count). The number of fused-ring (bicyclic) bond motifs is 1. The second-order valence-electron chi connectivity index (χ2n) is 6.76. The fraction of sp³-hybridized carbons (Fsp3) is 0.182. The number of carbonyl (C=O) groups is 2. The van der Waals surface area contributed by atoms with E-state index in [0.717, 1.165) is 4.68 Å². The molecule has 9 nitrogen and oxygen atoms in total. The first-order chi connectivity index (χ1) is 15.1. The fourth-order valence-corrected chi connectivity index (χ4v) is 3.00. The van der Waals surface area contributed by atoms with Crippen molar-refractivity contribution in [3.05, 3.63) is 76.7 Å². The van der Waals surface area contributed by atoms with Crippen LogP contribution in [0.3, 0.4) is 0 Å². The van der Waals surface area contributed by atoms with E-state index in [1.807, 2.05) is 6.07 Å². The Morgan fingerprint density at radius 3 is 2.48 bits per heavy atom. The van der Waals surface area contributed by atoms with E-state index < -0.39 is 11.5 Å². The molecule has 158 valence electrons. The van der Waals surface area contributed by atoms with Gasteiger partial charge in [0.05, 0.1) is 6.54 Å². The number of hydrogen-bond donors (Lipinski definition) is 2. The molecule has 0 saturated carbocycles. The van der Waals surface area contributed by atoms with Gasteiger partial charge in [-0.2, -0.15) is 5.10 Å². The molecule has 0 unspecified atom stereocenters. The Bertz CT molecular complexity index is 1160. The predicted molar refractivity (Wildman–Crippen MR) is 114 cm³/mol. The molecule has 1 aliphatic heterocycles. The maximum atomic E-state index is 12.4. The van der Waals surface area contributed by atoms with Crippen LogP contribution in [0, 0.1) is 0 Å². The SMILES string of the molecule is O=C(CCn1nc(C(=O)Nc2ccccc2)ccc1=O)Nc1ccc2c(c1)OCCO2. The first kappa shape index (κ1) is 20.1. The van der Waals surface area contributed by atoms with Crippen LogP contribution in [0.5, 0.6) is 11.5 Å². The van der Waals surface area contributed by atoms with Crippen LogP contribution in [0.1, 0.15) is 16.9 Å². The van der Waals surface area contributed by atoms with Gasteiger partial charge in [-0.05, 0) is 30.3 Å². The summed E-state index contributed by atoms with van der Waals surface area (Å²) in [5, 5.41) is 9.54. The average Bonchev–Trinajstić information content (AvgIpc) is 2.79. The van der Waals surface area contributed by atoms with Gasteiger partial charge in [-0.15, -0.1) is 0 Å². The van der Waals surface area contributed by atoms with E-state index in [-0.39, 0.29) is 24.6 Å². The summed E-state index contributed by atoms with van der Waals surface area (Å²) >= 11 is 0. The largest absolute Gasteiger partial charge is 0.486 e. The number of hydrogen-bond acceptors (Lipinski definition) is 6. The van der Waals surface area contributed by atoms with Gasteiger partial charge in [0.25, 0.3) is 11.5 Å². The molecule has 0 spiro atoms. The Labute approximate surface area is 177 Å². The number of aromatic nitrogens is 2. The molecule has 2 heterocycles. The summed E-state index contributed by atoms with van der Waals surface area (Å²) in [7, 11) is 0.